The van der Waals surface area contributed by atoms with Gasteiger partial charge < -0.3 is 20.5 Å². The molecule has 0 aliphatic heterocycles. The van der Waals surface area contributed by atoms with Gasteiger partial charge in [0.15, 0.2) is 0 Å². The van der Waals surface area contributed by atoms with Crippen molar-refractivity contribution < 1.29 is 19.4 Å². The highest BCUT2D eigenvalue weighted by Crippen LogP contribution is 2.15. The van der Waals surface area contributed by atoms with Gasteiger partial charge in [0.25, 0.3) is 0 Å². The van der Waals surface area contributed by atoms with Crippen LogP contribution in [0.1, 0.15) is 15.9 Å². The lowest BCUT2D eigenvalue weighted by Crippen LogP contribution is -2.28. The second kappa shape index (κ2) is 7.12. The summed E-state index contributed by atoms with van der Waals surface area (Å²) >= 11 is 0. The van der Waals surface area contributed by atoms with Crippen LogP contribution in [0.5, 0.6) is 5.75 Å². The molecular formula is C16H16N2O4. The van der Waals surface area contributed by atoms with E-state index in [1.165, 1.54) is 12.1 Å². The monoisotopic (exact) mass is 300 g/mol. The molecule has 6 heteroatoms. The van der Waals surface area contributed by atoms with Crippen LogP contribution in [0.25, 0.3) is 0 Å². The maximum absolute atomic E-state index is 11.8. The molecule has 114 valence electrons. The number of methoxy groups -OCH3 is 1. The third kappa shape index (κ3) is 3.99. The number of amides is 2. The van der Waals surface area contributed by atoms with E-state index in [0.717, 1.165) is 11.3 Å². The molecule has 6 nitrogen and oxygen atoms in total. The minimum absolute atomic E-state index is 0.0436. The predicted octanol–water partition coefficient (Wildman–Crippen LogP) is 2.72. The molecule has 0 bridgehead atoms. The van der Waals surface area contributed by atoms with Crippen molar-refractivity contribution in [2.45, 2.75) is 6.54 Å². The number of carbonyl (C=O) groups excluding carboxylic acids is 1. The van der Waals surface area contributed by atoms with Crippen molar-refractivity contribution >= 4 is 17.7 Å². The molecule has 0 spiro atoms. The highest BCUT2D eigenvalue weighted by Gasteiger charge is 2.11. The molecule has 0 aromatic heterocycles. The summed E-state index contributed by atoms with van der Waals surface area (Å²) in [6, 6.07) is 13.0. The molecule has 0 aliphatic rings. The van der Waals surface area contributed by atoms with Crippen molar-refractivity contribution in [3.8, 4) is 5.75 Å². The van der Waals surface area contributed by atoms with E-state index in [1.807, 2.05) is 12.1 Å². The number of carbonyl (C=O) groups is 2. The van der Waals surface area contributed by atoms with Gasteiger partial charge in [-0.2, -0.15) is 0 Å². The highest BCUT2D eigenvalue weighted by atomic mass is 16.5. The molecule has 0 saturated heterocycles. The third-order valence-electron chi connectivity index (χ3n) is 3.02. The molecule has 0 radical (unpaired) electrons. The van der Waals surface area contributed by atoms with E-state index in [1.54, 1.807) is 31.4 Å². The van der Waals surface area contributed by atoms with Crippen LogP contribution < -0.4 is 15.4 Å². The van der Waals surface area contributed by atoms with Gasteiger partial charge in [-0.3, -0.25) is 0 Å². The van der Waals surface area contributed by atoms with Crippen LogP contribution in [0.3, 0.4) is 0 Å². The standard InChI is InChI=1S/C16H16N2O4/c1-22-12-8-6-11(7-9-12)10-17-16(21)18-14-5-3-2-4-13(14)15(19)20/h2-9H,10H2,1H3,(H,19,20)(H2,17,18,21). The SMILES string of the molecule is COc1ccc(CNC(=O)Nc2ccccc2C(=O)O)cc1. The van der Waals surface area contributed by atoms with Gasteiger partial charge in [-0.05, 0) is 29.8 Å². The molecule has 2 amide bonds. The number of hydrogen-bond acceptors (Lipinski definition) is 3. The number of carboxylic acid groups (broad SMARTS) is 1. The number of anilines is 1. The molecule has 0 unspecified atom stereocenters. The Labute approximate surface area is 127 Å². The van der Waals surface area contributed by atoms with Gasteiger partial charge in [0.05, 0.1) is 18.4 Å². The van der Waals surface area contributed by atoms with Crippen molar-refractivity contribution in [3.05, 3.63) is 59.7 Å². The van der Waals surface area contributed by atoms with Gasteiger partial charge in [0.1, 0.15) is 5.75 Å². The Morgan fingerprint density at radius 1 is 1.09 bits per heavy atom. The van der Waals surface area contributed by atoms with Crippen molar-refractivity contribution in [3.63, 3.8) is 0 Å². The Balaban J connectivity index is 1.94. The topological polar surface area (TPSA) is 87.7 Å². The molecule has 2 aromatic carbocycles. The third-order valence-corrected chi connectivity index (χ3v) is 3.02. The second-order valence-corrected chi connectivity index (χ2v) is 4.51. The largest absolute Gasteiger partial charge is 0.497 e. The molecule has 2 rings (SSSR count). The van der Waals surface area contributed by atoms with Crippen LogP contribution in [0.4, 0.5) is 10.5 Å². The first kappa shape index (κ1) is 15.4. The zero-order chi connectivity index (χ0) is 15.9. The lowest BCUT2D eigenvalue weighted by atomic mass is 10.2. The summed E-state index contributed by atoms with van der Waals surface area (Å²) in [5.41, 5.74) is 1.20. The summed E-state index contributed by atoms with van der Waals surface area (Å²) < 4.78 is 5.05. The number of ether oxygens (including phenoxy) is 1. The van der Waals surface area contributed by atoms with E-state index in [9.17, 15) is 9.59 Å². The van der Waals surface area contributed by atoms with Gasteiger partial charge in [-0.1, -0.05) is 24.3 Å². The number of para-hydroxylation sites is 1. The van der Waals surface area contributed by atoms with E-state index < -0.39 is 12.0 Å². The minimum Gasteiger partial charge on any atom is -0.497 e. The molecule has 2 aromatic rings. The molecule has 0 aliphatic carbocycles. The van der Waals surface area contributed by atoms with Gasteiger partial charge >= 0.3 is 12.0 Å². The Morgan fingerprint density at radius 3 is 2.41 bits per heavy atom. The fourth-order valence-corrected chi connectivity index (χ4v) is 1.87. The van der Waals surface area contributed by atoms with Crippen LogP contribution in [-0.2, 0) is 6.54 Å². The lowest BCUT2D eigenvalue weighted by molar-refractivity contribution is 0.0698. The smallest absolute Gasteiger partial charge is 0.337 e. The quantitative estimate of drug-likeness (QED) is 0.792. The second-order valence-electron chi connectivity index (χ2n) is 4.51. The fourth-order valence-electron chi connectivity index (χ4n) is 1.87. The number of aromatic carboxylic acids is 1. The highest BCUT2D eigenvalue weighted by molar-refractivity contribution is 5.99. The van der Waals surface area contributed by atoms with Crippen LogP contribution in [0, 0.1) is 0 Å². The molecule has 0 saturated carbocycles. The lowest BCUT2D eigenvalue weighted by Gasteiger charge is -2.10. The molecule has 0 heterocycles. The fraction of sp³-hybridized carbons (Fsp3) is 0.125. The number of urea groups is 1. The van der Waals surface area contributed by atoms with E-state index in [4.69, 9.17) is 9.84 Å². The molecule has 0 fully saturated rings. The first-order valence-electron chi connectivity index (χ1n) is 6.60. The average molecular weight is 300 g/mol. The van der Waals surface area contributed by atoms with Gasteiger partial charge in [-0.25, -0.2) is 9.59 Å². The summed E-state index contributed by atoms with van der Waals surface area (Å²) in [7, 11) is 1.58. The summed E-state index contributed by atoms with van der Waals surface area (Å²) in [5, 5.41) is 14.2. The number of benzene rings is 2. The van der Waals surface area contributed by atoms with Crippen molar-refractivity contribution in [1.29, 1.82) is 0 Å². The molecular weight excluding hydrogens is 284 g/mol. The maximum atomic E-state index is 11.8. The zero-order valence-corrected chi connectivity index (χ0v) is 12.0. The predicted molar refractivity (Wildman–Crippen MR) is 82.3 cm³/mol. The average Bonchev–Trinajstić information content (AvgIpc) is 2.53. The Hall–Kier alpha value is -3.02. The number of rotatable bonds is 5. The molecule has 22 heavy (non-hydrogen) atoms. The van der Waals surface area contributed by atoms with Gasteiger partial charge in [0, 0.05) is 6.54 Å². The Bertz CT molecular complexity index is 668. The van der Waals surface area contributed by atoms with E-state index in [2.05, 4.69) is 10.6 Å². The summed E-state index contributed by atoms with van der Waals surface area (Å²) in [6.07, 6.45) is 0. The first-order valence-corrected chi connectivity index (χ1v) is 6.60. The number of nitrogens with one attached hydrogen (secondary N) is 2. The van der Waals surface area contributed by atoms with Crippen LogP contribution >= 0.6 is 0 Å². The Kier molecular flexibility index (Phi) is 4.98. The number of hydrogen-bond donors (Lipinski definition) is 3. The minimum atomic E-state index is -1.09. The van der Waals surface area contributed by atoms with Crippen LogP contribution in [0.15, 0.2) is 48.5 Å². The normalized spacial score (nSPS) is 9.86. The van der Waals surface area contributed by atoms with Crippen molar-refractivity contribution in [2.75, 3.05) is 12.4 Å². The summed E-state index contributed by atoms with van der Waals surface area (Å²) in [6.45, 7) is 0.324. The zero-order valence-electron chi connectivity index (χ0n) is 12.0. The van der Waals surface area contributed by atoms with Crippen LogP contribution in [-0.4, -0.2) is 24.2 Å². The van der Waals surface area contributed by atoms with E-state index in [-0.39, 0.29) is 11.3 Å². The molecule has 0 atom stereocenters. The van der Waals surface area contributed by atoms with Gasteiger partial charge in [0.2, 0.25) is 0 Å². The van der Waals surface area contributed by atoms with E-state index in [0.29, 0.717) is 6.54 Å². The molecule has 3 N–H and O–H groups in total. The van der Waals surface area contributed by atoms with Crippen molar-refractivity contribution in [2.24, 2.45) is 0 Å². The van der Waals surface area contributed by atoms with Crippen LogP contribution in [0.2, 0.25) is 0 Å². The van der Waals surface area contributed by atoms with Gasteiger partial charge in [-0.15, -0.1) is 0 Å². The summed E-state index contributed by atoms with van der Waals surface area (Å²) in [4.78, 5) is 22.9. The number of carboxylic acids is 1. The van der Waals surface area contributed by atoms with Crippen molar-refractivity contribution in [1.82, 2.24) is 5.32 Å². The first-order chi connectivity index (χ1) is 10.6. The maximum Gasteiger partial charge on any atom is 0.337 e. The Morgan fingerprint density at radius 2 is 1.77 bits per heavy atom. The van der Waals surface area contributed by atoms with E-state index >= 15 is 0 Å². The summed E-state index contributed by atoms with van der Waals surface area (Å²) in [5.74, 6) is -0.352.